The van der Waals surface area contributed by atoms with Crippen LogP contribution in [0, 0.1) is 25.7 Å². The third-order valence-corrected chi connectivity index (χ3v) is 13.2. The Morgan fingerprint density at radius 1 is 0.481 bits per heavy atom. The van der Waals surface area contributed by atoms with Crippen molar-refractivity contribution >= 4 is 11.4 Å². The Kier molecular flexibility index (Phi) is 16.6. The summed E-state index contributed by atoms with van der Waals surface area (Å²) >= 11 is 0. The van der Waals surface area contributed by atoms with E-state index in [-0.39, 0.29) is 0 Å². The lowest BCUT2D eigenvalue weighted by Crippen LogP contribution is -2.18. The maximum absolute atomic E-state index is 6.22. The molecule has 1 aliphatic carbocycles. The standard InChI is InChI=1S/C52H74N2/c1-6-9-11-16-20-51(48-34-31-46(53)36-38(48)4)44-26-22-42(23-27-44)50(33-30-40(8-3)41-18-14-13-15-19-41)43-24-28-45(29-25-43)52(21-17-12-10-7-2)49-35-32-47(54)37-39(49)5/h22-29,31-32,34-37,40-41,50-52H,6-21,30,33,53-54H2,1-5H3. The molecule has 0 radical (unpaired) electrons. The zero-order chi connectivity index (χ0) is 38.3. The van der Waals surface area contributed by atoms with E-state index in [1.807, 2.05) is 0 Å². The van der Waals surface area contributed by atoms with Gasteiger partial charge in [0, 0.05) is 29.1 Å². The van der Waals surface area contributed by atoms with Crippen LogP contribution in [0.15, 0.2) is 84.9 Å². The van der Waals surface area contributed by atoms with Crippen LogP contribution in [0.25, 0.3) is 0 Å². The normalized spacial score (nSPS) is 15.9. The van der Waals surface area contributed by atoms with E-state index in [9.17, 15) is 0 Å². The van der Waals surface area contributed by atoms with E-state index in [1.165, 1.54) is 160 Å². The van der Waals surface area contributed by atoms with Gasteiger partial charge in [-0.1, -0.05) is 171 Å². The van der Waals surface area contributed by atoms with E-state index in [4.69, 9.17) is 11.5 Å². The molecule has 0 saturated heterocycles. The maximum Gasteiger partial charge on any atom is 0.0316 e. The molecule has 1 fully saturated rings. The van der Waals surface area contributed by atoms with Crippen LogP contribution in [-0.2, 0) is 0 Å². The fraction of sp³-hybridized carbons (Fsp3) is 0.538. The Labute approximate surface area is 330 Å². The maximum atomic E-state index is 6.22. The first-order valence-electron chi connectivity index (χ1n) is 22.2. The van der Waals surface area contributed by atoms with Crippen LogP contribution in [0.5, 0.6) is 0 Å². The minimum Gasteiger partial charge on any atom is -0.399 e. The van der Waals surface area contributed by atoms with Gasteiger partial charge in [0.1, 0.15) is 0 Å². The monoisotopic (exact) mass is 727 g/mol. The topological polar surface area (TPSA) is 52.0 Å². The second-order valence-corrected chi connectivity index (χ2v) is 17.1. The Bertz CT molecular complexity index is 1550. The number of rotatable bonds is 21. The van der Waals surface area contributed by atoms with Crippen LogP contribution < -0.4 is 11.5 Å². The smallest absolute Gasteiger partial charge is 0.0316 e. The zero-order valence-corrected chi connectivity index (χ0v) is 34.9. The molecular formula is C52H74N2. The van der Waals surface area contributed by atoms with Crippen LogP contribution in [0.4, 0.5) is 11.4 Å². The predicted molar refractivity (Wildman–Crippen MR) is 237 cm³/mol. The highest BCUT2D eigenvalue weighted by Crippen LogP contribution is 2.41. The van der Waals surface area contributed by atoms with Crippen molar-refractivity contribution in [1.82, 2.24) is 0 Å². The summed E-state index contributed by atoms with van der Waals surface area (Å²) in [5, 5.41) is 0. The molecule has 3 atom stereocenters. The number of nitrogens with two attached hydrogens (primary N) is 2. The molecule has 0 amide bonds. The summed E-state index contributed by atoms with van der Waals surface area (Å²) in [6, 6.07) is 32.8. The molecule has 0 aromatic heterocycles. The van der Waals surface area contributed by atoms with Gasteiger partial charge in [-0.15, -0.1) is 0 Å². The molecule has 4 aromatic rings. The predicted octanol–water partition coefficient (Wildman–Crippen LogP) is 15.2. The Hall–Kier alpha value is -3.52. The van der Waals surface area contributed by atoms with Gasteiger partial charge in [-0.25, -0.2) is 0 Å². The summed E-state index contributed by atoms with van der Waals surface area (Å²) in [6.45, 7) is 11.5. The summed E-state index contributed by atoms with van der Waals surface area (Å²) in [4.78, 5) is 0. The van der Waals surface area contributed by atoms with Crippen LogP contribution in [0.2, 0.25) is 0 Å². The van der Waals surface area contributed by atoms with Gasteiger partial charge in [0.2, 0.25) is 0 Å². The first kappa shape index (κ1) is 41.6. The molecule has 1 saturated carbocycles. The Morgan fingerprint density at radius 2 is 0.907 bits per heavy atom. The van der Waals surface area contributed by atoms with Crippen molar-refractivity contribution in [3.05, 3.63) is 129 Å². The van der Waals surface area contributed by atoms with Crippen LogP contribution in [-0.4, -0.2) is 0 Å². The number of unbranched alkanes of at least 4 members (excludes halogenated alkanes) is 6. The first-order chi connectivity index (χ1) is 26.3. The van der Waals surface area contributed by atoms with Crippen molar-refractivity contribution in [2.45, 2.75) is 168 Å². The van der Waals surface area contributed by atoms with Gasteiger partial charge in [-0.05, 0) is 120 Å². The van der Waals surface area contributed by atoms with Crippen molar-refractivity contribution in [2.75, 3.05) is 11.5 Å². The molecule has 1 aliphatic rings. The second kappa shape index (κ2) is 21.5. The van der Waals surface area contributed by atoms with Gasteiger partial charge in [0.25, 0.3) is 0 Å². The second-order valence-electron chi connectivity index (χ2n) is 17.1. The Morgan fingerprint density at radius 3 is 1.30 bits per heavy atom. The third kappa shape index (κ3) is 11.5. The molecule has 0 heterocycles. The van der Waals surface area contributed by atoms with Crippen molar-refractivity contribution < 1.29 is 0 Å². The minimum atomic E-state index is 0.397. The van der Waals surface area contributed by atoms with E-state index >= 15 is 0 Å². The molecule has 3 unspecified atom stereocenters. The van der Waals surface area contributed by atoms with Crippen molar-refractivity contribution in [3.63, 3.8) is 0 Å². The van der Waals surface area contributed by atoms with Gasteiger partial charge >= 0.3 is 0 Å². The fourth-order valence-corrected chi connectivity index (χ4v) is 9.94. The molecule has 2 nitrogen and oxygen atoms in total. The highest BCUT2D eigenvalue weighted by atomic mass is 14.5. The number of aryl methyl sites for hydroxylation is 2. The highest BCUT2D eigenvalue weighted by Gasteiger charge is 2.26. The number of nitrogen functional groups attached to an aromatic ring is 2. The van der Waals surface area contributed by atoms with Crippen LogP contribution in [0.1, 0.15) is 199 Å². The lowest BCUT2D eigenvalue weighted by molar-refractivity contribution is 0.225. The third-order valence-electron chi connectivity index (χ3n) is 13.2. The van der Waals surface area contributed by atoms with Crippen molar-refractivity contribution in [1.29, 1.82) is 0 Å². The molecule has 54 heavy (non-hydrogen) atoms. The van der Waals surface area contributed by atoms with E-state index < -0.39 is 0 Å². The largest absolute Gasteiger partial charge is 0.399 e. The average molecular weight is 727 g/mol. The van der Waals surface area contributed by atoms with E-state index in [1.54, 1.807) is 0 Å². The summed E-state index contributed by atoms with van der Waals surface area (Å²) in [5.41, 5.74) is 25.4. The molecule has 4 aromatic carbocycles. The lowest BCUT2D eigenvalue weighted by atomic mass is 9.74. The molecule has 2 heteroatoms. The van der Waals surface area contributed by atoms with Crippen LogP contribution >= 0.6 is 0 Å². The molecule has 292 valence electrons. The quantitative estimate of drug-likeness (QED) is 0.0663. The Balaban J connectivity index is 1.45. The van der Waals surface area contributed by atoms with Gasteiger partial charge in [-0.2, -0.15) is 0 Å². The first-order valence-corrected chi connectivity index (χ1v) is 22.2. The number of benzene rings is 4. The van der Waals surface area contributed by atoms with Gasteiger partial charge in [0.05, 0.1) is 0 Å². The number of hydrogen-bond donors (Lipinski definition) is 2. The molecular weight excluding hydrogens is 653 g/mol. The van der Waals surface area contributed by atoms with E-state index in [0.717, 1.165) is 23.2 Å². The summed E-state index contributed by atoms with van der Waals surface area (Å²) in [5.74, 6) is 2.93. The van der Waals surface area contributed by atoms with Gasteiger partial charge in [0.15, 0.2) is 0 Å². The average Bonchev–Trinajstić information content (AvgIpc) is 3.18. The summed E-state index contributed by atoms with van der Waals surface area (Å²) in [6.07, 6.45) is 23.6. The van der Waals surface area contributed by atoms with Crippen molar-refractivity contribution in [3.8, 4) is 0 Å². The van der Waals surface area contributed by atoms with Crippen LogP contribution in [0.3, 0.4) is 0 Å². The number of anilines is 2. The molecule has 4 N–H and O–H groups in total. The molecule has 0 aliphatic heterocycles. The van der Waals surface area contributed by atoms with Gasteiger partial charge in [-0.3, -0.25) is 0 Å². The van der Waals surface area contributed by atoms with Crippen molar-refractivity contribution in [2.24, 2.45) is 11.8 Å². The molecule has 0 bridgehead atoms. The SMILES string of the molecule is CCCCCCC(c1ccc(C(CCC(CC)C2CCCCC2)c2ccc(C(CCCCCC)c3ccc(N)cc3C)cc2)cc1)c1ccc(N)cc1C. The van der Waals surface area contributed by atoms with Gasteiger partial charge < -0.3 is 11.5 Å². The molecule has 0 spiro atoms. The fourth-order valence-electron chi connectivity index (χ4n) is 9.94. The zero-order valence-electron chi connectivity index (χ0n) is 34.9. The lowest BCUT2D eigenvalue weighted by Gasteiger charge is -2.31. The summed E-state index contributed by atoms with van der Waals surface area (Å²) < 4.78 is 0. The van der Waals surface area contributed by atoms with E-state index in [0.29, 0.717) is 17.8 Å². The summed E-state index contributed by atoms with van der Waals surface area (Å²) in [7, 11) is 0. The minimum absolute atomic E-state index is 0.397. The van der Waals surface area contributed by atoms with E-state index in [2.05, 4.69) is 120 Å². The molecule has 5 rings (SSSR count). The number of hydrogen-bond acceptors (Lipinski definition) is 2. The highest BCUT2D eigenvalue weighted by molar-refractivity contribution is 5.50.